The smallest absolute Gasteiger partial charge is 0.257 e. The topological polar surface area (TPSA) is 44.4 Å². The molecule has 0 saturated carbocycles. The highest BCUT2D eigenvalue weighted by molar-refractivity contribution is 6.32. The lowest BCUT2D eigenvalue weighted by molar-refractivity contribution is -0.110. The van der Waals surface area contributed by atoms with Crippen LogP contribution >= 0.6 is 0 Å². The minimum Gasteiger partial charge on any atom is -0.365 e. The molecular weight excluding hydrogens is 377 g/mol. The van der Waals surface area contributed by atoms with Crippen LogP contribution in [0.4, 0.5) is 21.5 Å². The Kier molecular flexibility index (Phi) is 4.81. The molecular formula is C25H26FN3O. The van der Waals surface area contributed by atoms with Crippen molar-refractivity contribution >= 4 is 28.5 Å². The van der Waals surface area contributed by atoms with Crippen molar-refractivity contribution < 1.29 is 9.18 Å². The lowest BCUT2D eigenvalue weighted by Gasteiger charge is -2.37. The molecule has 0 radical (unpaired) electrons. The number of hydrogen-bond acceptors (Lipinski definition) is 3. The Bertz CT molecular complexity index is 1070. The van der Waals surface area contributed by atoms with Gasteiger partial charge in [0, 0.05) is 36.2 Å². The van der Waals surface area contributed by atoms with Crippen LogP contribution in [0.1, 0.15) is 36.8 Å². The Hall–Kier alpha value is -3.08. The monoisotopic (exact) mass is 403 g/mol. The second kappa shape index (κ2) is 7.63. The van der Waals surface area contributed by atoms with E-state index in [-0.39, 0.29) is 11.7 Å². The van der Waals surface area contributed by atoms with Crippen LogP contribution in [0, 0.1) is 18.7 Å². The molecule has 1 unspecified atom stereocenters. The normalized spacial score (nSPS) is 21.7. The minimum atomic E-state index is -0.235. The maximum Gasteiger partial charge on any atom is 0.257 e. The molecule has 0 aromatic heterocycles. The van der Waals surface area contributed by atoms with Gasteiger partial charge in [0.05, 0.1) is 11.3 Å². The van der Waals surface area contributed by atoms with Gasteiger partial charge in [0.2, 0.25) is 0 Å². The van der Waals surface area contributed by atoms with Crippen molar-refractivity contribution in [2.24, 2.45) is 5.92 Å². The van der Waals surface area contributed by atoms with Crippen molar-refractivity contribution in [3.8, 4) is 0 Å². The third-order valence-corrected chi connectivity index (χ3v) is 6.52. The summed E-state index contributed by atoms with van der Waals surface area (Å²) in [7, 11) is 0. The van der Waals surface area contributed by atoms with Crippen LogP contribution in [0.3, 0.4) is 0 Å². The number of benzene rings is 2. The number of carbonyl (C=O) groups excluding carboxylic acids is 1. The number of carbonyl (C=O) groups is 1. The van der Waals surface area contributed by atoms with E-state index in [0.29, 0.717) is 22.9 Å². The highest BCUT2D eigenvalue weighted by atomic mass is 19.1. The first-order valence-corrected chi connectivity index (χ1v) is 10.7. The number of halogens is 1. The highest BCUT2D eigenvalue weighted by Gasteiger charge is 2.27. The van der Waals surface area contributed by atoms with Gasteiger partial charge < -0.3 is 15.5 Å². The van der Waals surface area contributed by atoms with Crippen molar-refractivity contribution in [1.29, 1.82) is 0 Å². The van der Waals surface area contributed by atoms with Gasteiger partial charge in [-0.2, -0.15) is 0 Å². The van der Waals surface area contributed by atoms with Crippen molar-refractivity contribution in [2.45, 2.75) is 32.6 Å². The summed E-state index contributed by atoms with van der Waals surface area (Å²) in [4.78, 5) is 14.5. The van der Waals surface area contributed by atoms with Gasteiger partial charge in [0.1, 0.15) is 5.82 Å². The van der Waals surface area contributed by atoms with Crippen molar-refractivity contribution in [2.75, 3.05) is 28.6 Å². The Morgan fingerprint density at radius 2 is 2.13 bits per heavy atom. The van der Waals surface area contributed by atoms with Gasteiger partial charge in [-0.25, -0.2) is 4.39 Å². The Morgan fingerprint density at radius 3 is 3.00 bits per heavy atom. The van der Waals surface area contributed by atoms with Gasteiger partial charge in [-0.05, 0) is 68.4 Å². The molecule has 1 atom stereocenters. The molecule has 3 aliphatic rings. The number of fused-ring (bicyclic) bond motifs is 2. The van der Waals surface area contributed by atoms with Crippen molar-refractivity contribution in [1.82, 2.24) is 0 Å². The SMILES string of the molecule is Cc1cccc2c1C(=CNc1ccc(N3CCC4CCCC=C4C3)c(F)c1)C(=O)N2. The third kappa shape index (κ3) is 3.38. The zero-order valence-electron chi connectivity index (χ0n) is 17.2. The van der Waals surface area contributed by atoms with Gasteiger partial charge in [-0.15, -0.1) is 0 Å². The van der Waals surface area contributed by atoms with E-state index < -0.39 is 0 Å². The minimum absolute atomic E-state index is 0.146. The van der Waals surface area contributed by atoms with E-state index in [1.165, 1.54) is 24.5 Å². The lowest BCUT2D eigenvalue weighted by atomic mass is 9.82. The molecule has 2 aromatic carbocycles. The molecule has 0 spiro atoms. The van der Waals surface area contributed by atoms with Gasteiger partial charge in [0.25, 0.3) is 5.91 Å². The summed E-state index contributed by atoms with van der Waals surface area (Å²) in [5.74, 6) is 0.308. The Morgan fingerprint density at radius 1 is 1.23 bits per heavy atom. The summed E-state index contributed by atoms with van der Waals surface area (Å²) < 4.78 is 14.9. The zero-order chi connectivity index (χ0) is 20.7. The molecule has 2 aromatic rings. The summed E-state index contributed by atoms with van der Waals surface area (Å²) in [5, 5.41) is 5.99. The fourth-order valence-corrected chi connectivity index (χ4v) is 4.92. The van der Waals surface area contributed by atoms with Gasteiger partial charge in [0.15, 0.2) is 0 Å². The summed E-state index contributed by atoms with van der Waals surface area (Å²) in [6.07, 6.45) is 8.82. The maximum absolute atomic E-state index is 14.9. The van der Waals surface area contributed by atoms with E-state index in [0.717, 1.165) is 42.7 Å². The predicted molar refractivity (Wildman–Crippen MR) is 120 cm³/mol. The zero-order valence-corrected chi connectivity index (χ0v) is 17.2. The maximum atomic E-state index is 14.9. The number of piperidine rings is 1. The summed E-state index contributed by atoms with van der Waals surface area (Å²) in [5.41, 5.74) is 6.06. The van der Waals surface area contributed by atoms with Crippen molar-refractivity contribution in [3.63, 3.8) is 0 Å². The summed E-state index contributed by atoms with van der Waals surface area (Å²) in [6, 6.07) is 11.0. The number of rotatable bonds is 3. The average molecular weight is 404 g/mol. The molecule has 154 valence electrons. The highest BCUT2D eigenvalue weighted by Crippen LogP contribution is 2.36. The first-order chi connectivity index (χ1) is 14.6. The molecule has 1 aliphatic carbocycles. The number of hydrogen-bond donors (Lipinski definition) is 2. The quantitative estimate of drug-likeness (QED) is 0.527. The third-order valence-electron chi connectivity index (χ3n) is 6.52. The second-order valence-electron chi connectivity index (χ2n) is 8.44. The van der Waals surface area contributed by atoms with E-state index in [2.05, 4.69) is 21.6 Å². The van der Waals surface area contributed by atoms with Crippen molar-refractivity contribution in [3.05, 3.63) is 71.2 Å². The molecule has 4 nitrogen and oxygen atoms in total. The van der Waals surface area contributed by atoms with Crippen LogP contribution in [0.15, 0.2) is 54.2 Å². The fraction of sp³-hybridized carbons (Fsp3) is 0.320. The van der Waals surface area contributed by atoms with E-state index in [1.807, 2.05) is 37.3 Å². The molecule has 30 heavy (non-hydrogen) atoms. The molecule has 1 amide bonds. The van der Waals surface area contributed by atoms with Crippen LogP contribution in [0.5, 0.6) is 0 Å². The van der Waals surface area contributed by atoms with E-state index in [9.17, 15) is 9.18 Å². The number of amides is 1. The number of allylic oxidation sites excluding steroid dienone is 1. The van der Waals surface area contributed by atoms with Crippen LogP contribution in [-0.4, -0.2) is 19.0 Å². The number of anilines is 3. The number of aryl methyl sites for hydroxylation is 1. The summed E-state index contributed by atoms with van der Waals surface area (Å²) in [6.45, 7) is 3.70. The van der Waals surface area contributed by atoms with Gasteiger partial charge >= 0.3 is 0 Å². The molecule has 5 heteroatoms. The van der Waals surface area contributed by atoms with Gasteiger partial charge in [-0.3, -0.25) is 4.79 Å². The Labute approximate surface area is 176 Å². The van der Waals surface area contributed by atoms with Gasteiger partial charge in [-0.1, -0.05) is 23.8 Å². The van der Waals surface area contributed by atoms with Crippen LogP contribution in [0.25, 0.3) is 5.57 Å². The fourth-order valence-electron chi connectivity index (χ4n) is 4.92. The standard InChI is InChI=1S/C25H26FN3O/c1-16-5-4-8-22-24(16)20(25(30)28-22)14-27-19-9-10-23(21(26)13-19)29-12-11-17-6-2-3-7-18(17)15-29/h4-5,7-10,13-14,17,27H,2-3,6,11-12,15H2,1H3,(H,28,30). The Balaban J connectivity index is 1.34. The first-order valence-electron chi connectivity index (χ1n) is 10.7. The van der Waals surface area contributed by atoms with E-state index in [1.54, 1.807) is 6.20 Å². The number of nitrogens with zero attached hydrogens (tertiary/aromatic N) is 1. The average Bonchev–Trinajstić information content (AvgIpc) is 3.08. The lowest BCUT2D eigenvalue weighted by Crippen LogP contribution is -2.36. The van der Waals surface area contributed by atoms with E-state index in [4.69, 9.17) is 0 Å². The largest absolute Gasteiger partial charge is 0.365 e. The van der Waals surface area contributed by atoms with Crippen LogP contribution < -0.4 is 15.5 Å². The molecule has 0 bridgehead atoms. The number of nitrogens with one attached hydrogen (secondary N) is 2. The first kappa shape index (κ1) is 18.9. The predicted octanol–water partition coefficient (Wildman–Crippen LogP) is 5.48. The van der Waals surface area contributed by atoms with Crippen LogP contribution in [0.2, 0.25) is 0 Å². The molecule has 5 rings (SSSR count). The molecule has 2 N–H and O–H groups in total. The van der Waals surface area contributed by atoms with Crippen LogP contribution in [-0.2, 0) is 4.79 Å². The molecule has 1 fully saturated rings. The molecule has 1 saturated heterocycles. The summed E-state index contributed by atoms with van der Waals surface area (Å²) >= 11 is 0. The molecule has 2 heterocycles. The molecule has 2 aliphatic heterocycles. The second-order valence-corrected chi connectivity index (χ2v) is 8.44. The van der Waals surface area contributed by atoms with E-state index >= 15 is 0 Å².